The van der Waals surface area contributed by atoms with Gasteiger partial charge in [-0.25, -0.2) is 9.78 Å². The molecule has 208 valence electrons. The quantitative estimate of drug-likeness (QED) is 0.148. The van der Waals surface area contributed by atoms with Gasteiger partial charge in [0.2, 0.25) is 0 Å². The van der Waals surface area contributed by atoms with E-state index in [1.165, 1.54) is 7.11 Å². The van der Waals surface area contributed by atoms with Crippen LogP contribution in [0, 0.1) is 0 Å². The van der Waals surface area contributed by atoms with Crippen LogP contribution in [-0.2, 0) is 15.6 Å². The van der Waals surface area contributed by atoms with Crippen LogP contribution in [0.25, 0.3) is 23.1 Å². The standard InChI is InChI=1S/C34H38ClNO3Si/c1-34(2,3)40(5,6)39-32(21-17-25-11-7-8-13-30(25)33(37)38-4)27-12-9-10-24(22-27)14-19-29-20-16-26-15-18-28(35)23-31(26)36-29/h7-16,18-20,22-23,32H,17,21H2,1-6H3/b19-14+. The van der Waals surface area contributed by atoms with E-state index in [1.54, 1.807) is 0 Å². The Bertz CT molecular complexity index is 1520. The predicted octanol–water partition coefficient (Wildman–Crippen LogP) is 9.54. The molecule has 0 aliphatic carbocycles. The summed E-state index contributed by atoms with van der Waals surface area (Å²) in [7, 11) is -0.660. The number of hydrogen-bond acceptors (Lipinski definition) is 4. The van der Waals surface area contributed by atoms with Gasteiger partial charge in [-0.15, -0.1) is 0 Å². The summed E-state index contributed by atoms with van der Waals surface area (Å²) in [5.74, 6) is -0.311. The largest absolute Gasteiger partial charge is 0.465 e. The number of aryl methyl sites for hydroxylation is 1. The number of nitrogens with zero attached hydrogens (tertiary/aromatic N) is 1. The van der Waals surface area contributed by atoms with Crippen LogP contribution >= 0.6 is 11.6 Å². The summed E-state index contributed by atoms with van der Waals surface area (Å²) in [5, 5.41) is 1.80. The maximum absolute atomic E-state index is 12.4. The number of hydrogen-bond donors (Lipinski definition) is 0. The van der Waals surface area contributed by atoms with Gasteiger partial charge in [0.25, 0.3) is 0 Å². The Balaban J connectivity index is 1.62. The minimum atomic E-state index is -2.08. The van der Waals surface area contributed by atoms with Gasteiger partial charge in [0.1, 0.15) is 0 Å². The van der Waals surface area contributed by atoms with E-state index in [0.29, 0.717) is 17.0 Å². The molecule has 4 rings (SSSR count). The Hall–Kier alpha value is -3.25. The monoisotopic (exact) mass is 571 g/mol. The molecule has 1 heterocycles. The third-order valence-electron chi connectivity index (χ3n) is 7.75. The third kappa shape index (κ3) is 7.28. The van der Waals surface area contributed by atoms with Crippen LogP contribution in [-0.4, -0.2) is 26.4 Å². The normalized spacial score (nSPS) is 13.1. The highest BCUT2D eigenvalue weighted by molar-refractivity contribution is 6.74. The fraction of sp³-hybridized carbons (Fsp3) is 0.294. The molecule has 0 aliphatic heterocycles. The number of esters is 1. The molecule has 0 bridgehead atoms. The number of methoxy groups -OCH3 is 1. The van der Waals surface area contributed by atoms with E-state index in [-0.39, 0.29) is 17.1 Å². The summed E-state index contributed by atoms with van der Waals surface area (Å²) in [6.07, 6.45) is 5.45. The van der Waals surface area contributed by atoms with Gasteiger partial charge in [-0.2, -0.15) is 0 Å². The summed E-state index contributed by atoms with van der Waals surface area (Å²) in [6, 6.07) is 26.0. The highest BCUT2D eigenvalue weighted by Gasteiger charge is 2.39. The first kappa shape index (κ1) is 29.7. The Morgan fingerprint density at radius 1 is 0.975 bits per heavy atom. The van der Waals surface area contributed by atoms with Crippen molar-refractivity contribution >= 4 is 48.9 Å². The molecule has 0 spiro atoms. The number of rotatable bonds is 9. The molecule has 3 aromatic carbocycles. The van der Waals surface area contributed by atoms with E-state index in [9.17, 15) is 4.79 Å². The highest BCUT2D eigenvalue weighted by Crippen LogP contribution is 2.41. The maximum Gasteiger partial charge on any atom is 0.338 e. The number of ether oxygens (including phenoxy) is 1. The van der Waals surface area contributed by atoms with Crippen LogP contribution in [0.3, 0.4) is 0 Å². The van der Waals surface area contributed by atoms with Gasteiger partial charge in [-0.3, -0.25) is 0 Å². The van der Waals surface area contributed by atoms with Gasteiger partial charge < -0.3 is 9.16 Å². The number of carbonyl (C=O) groups is 1. The number of benzene rings is 3. The van der Waals surface area contributed by atoms with Crippen LogP contribution in [0.2, 0.25) is 23.2 Å². The van der Waals surface area contributed by atoms with Crippen LogP contribution in [0.1, 0.15) is 66.0 Å². The van der Waals surface area contributed by atoms with Gasteiger partial charge in [0.15, 0.2) is 8.32 Å². The van der Waals surface area contributed by atoms with E-state index >= 15 is 0 Å². The SMILES string of the molecule is COC(=O)c1ccccc1CCC(O[Si](C)(C)C(C)(C)C)c1cccc(/C=C/c2ccc3ccc(Cl)cc3n2)c1. The molecular weight excluding hydrogens is 534 g/mol. The number of fused-ring (bicyclic) bond motifs is 1. The molecule has 6 heteroatoms. The van der Waals surface area contributed by atoms with Crippen LogP contribution < -0.4 is 0 Å². The van der Waals surface area contributed by atoms with E-state index in [4.69, 9.17) is 25.7 Å². The number of aromatic nitrogens is 1. The van der Waals surface area contributed by atoms with Crippen molar-refractivity contribution in [3.8, 4) is 0 Å². The minimum Gasteiger partial charge on any atom is -0.465 e. The fourth-order valence-electron chi connectivity index (χ4n) is 4.40. The van der Waals surface area contributed by atoms with Crippen molar-refractivity contribution in [1.29, 1.82) is 0 Å². The number of pyridine rings is 1. The number of halogens is 1. The van der Waals surface area contributed by atoms with Crippen molar-refractivity contribution in [3.63, 3.8) is 0 Å². The van der Waals surface area contributed by atoms with Crippen molar-refractivity contribution in [2.75, 3.05) is 7.11 Å². The smallest absolute Gasteiger partial charge is 0.338 e. The van der Waals surface area contributed by atoms with E-state index < -0.39 is 8.32 Å². The topological polar surface area (TPSA) is 48.4 Å². The second kappa shape index (κ2) is 12.5. The minimum absolute atomic E-state index is 0.0668. The molecule has 0 amide bonds. The Morgan fingerprint density at radius 2 is 1.73 bits per heavy atom. The molecule has 1 aromatic heterocycles. The van der Waals surface area contributed by atoms with E-state index in [1.807, 2.05) is 54.6 Å². The first-order chi connectivity index (χ1) is 19.0. The summed E-state index contributed by atoms with van der Waals surface area (Å²) < 4.78 is 12.0. The molecule has 1 unspecified atom stereocenters. The van der Waals surface area contributed by atoms with Crippen molar-refractivity contribution in [2.24, 2.45) is 0 Å². The summed E-state index contributed by atoms with van der Waals surface area (Å²) in [6.45, 7) is 11.3. The number of carbonyl (C=O) groups excluding carboxylic acids is 1. The average molecular weight is 572 g/mol. The molecule has 0 saturated heterocycles. The highest BCUT2D eigenvalue weighted by atomic mass is 35.5. The summed E-state index contributed by atoms with van der Waals surface area (Å²) >= 11 is 6.17. The maximum atomic E-state index is 12.4. The lowest BCUT2D eigenvalue weighted by Crippen LogP contribution is -2.42. The van der Waals surface area contributed by atoms with Crippen molar-refractivity contribution in [3.05, 3.63) is 112 Å². The lowest BCUT2D eigenvalue weighted by molar-refractivity contribution is 0.0599. The van der Waals surface area contributed by atoms with E-state index in [0.717, 1.165) is 39.7 Å². The second-order valence-corrected chi connectivity index (χ2v) is 16.8. The fourth-order valence-corrected chi connectivity index (χ4v) is 5.89. The van der Waals surface area contributed by atoms with Gasteiger partial charge >= 0.3 is 5.97 Å². The molecule has 1 atom stereocenters. The van der Waals surface area contributed by atoms with Gasteiger partial charge in [-0.1, -0.05) is 87.0 Å². The average Bonchev–Trinajstić information content (AvgIpc) is 2.93. The zero-order valence-electron chi connectivity index (χ0n) is 24.2. The summed E-state index contributed by atoms with van der Waals surface area (Å²) in [5.41, 5.74) is 5.52. The molecule has 0 fully saturated rings. The zero-order chi connectivity index (χ0) is 28.9. The van der Waals surface area contributed by atoms with Crippen LogP contribution in [0.5, 0.6) is 0 Å². The molecule has 0 saturated carbocycles. The molecule has 0 aliphatic rings. The first-order valence-electron chi connectivity index (χ1n) is 13.7. The van der Waals surface area contributed by atoms with Crippen molar-refractivity contribution in [1.82, 2.24) is 4.98 Å². The Morgan fingerprint density at radius 3 is 2.48 bits per heavy atom. The van der Waals surface area contributed by atoms with Crippen LogP contribution in [0.4, 0.5) is 0 Å². The molecule has 0 N–H and O–H groups in total. The first-order valence-corrected chi connectivity index (χ1v) is 16.9. The molecule has 4 nitrogen and oxygen atoms in total. The van der Waals surface area contributed by atoms with Gasteiger partial charge in [-0.05, 0) is 84.1 Å². The summed E-state index contributed by atoms with van der Waals surface area (Å²) in [4.78, 5) is 17.1. The molecule has 0 radical (unpaired) electrons. The molecular formula is C34H38ClNO3Si. The van der Waals surface area contributed by atoms with Gasteiger partial charge in [0.05, 0.1) is 30.0 Å². The molecule has 40 heavy (non-hydrogen) atoms. The third-order valence-corrected chi connectivity index (χ3v) is 12.5. The molecule has 4 aromatic rings. The lowest BCUT2D eigenvalue weighted by atomic mass is 9.97. The Kier molecular flexibility index (Phi) is 9.29. The lowest BCUT2D eigenvalue weighted by Gasteiger charge is -2.39. The van der Waals surface area contributed by atoms with Crippen LogP contribution in [0.15, 0.2) is 78.9 Å². The second-order valence-electron chi connectivity index (χ2n) is 11.6. The van der Waals surface area contributed by atoms with E-state index in [2.05, 4.69) is 70.3 Å². The predicted molar refractivity (Wildman–Crippen MR) is 169 cm³/mol. The zero-order valence-corrected chi connectivity index (χ0v) is 26.0. The van der Waals surface area contributed by atoms with Crippen molar-refractivity contribution < 1.29 is 14.0 Å². The van der Waals surface area contributed by atoms with Gasteiger partial charge in [0, 0.05) is 10.4 Å². The van der Waals surface area contributed by atoms with Crippen molar-refractivity contribution in [2.45, 2.75) is 57.8 Å². The Labute approximate surface area is 244 Å².